The summed E-state index contributed by atoms with van der Waals surface area (Å²) >= 11 is 0. The SMILES string of the molecule is CCCOc1ccc(OC(=O)c2ccc(C(=O)OCC)c(C)n2)cc1. The highest BCUT2D eigenvalue weighted by molar-refractivity contribution is 5.93. The Morgan fingerprint density at radius 1 is 0.960 bits per heavy atom. The topological polar surface area (TPSA) is 74.7 Å². The highest BCUT2D eigenvalue weighted by Crippen LogP contribution is 2.19. The monoisotopic (exact) mass is 343 g/mol. The molecule has 0 saturated carbocycles. The Kier molecular flexibility index (Phi) is 6.51. The van der Waals surface area contributed by atoms with E-state index in [1.54, 1.807) is 38.1 Å². The first-order chi connectivity index (χ1) is 12.0. The second-order valence-electron chi connectivity index (χ2n) is 5.26. The molecule has 6 nitrogen and oxygen atoms in total. The number of nitrogens with zero attached hydrogens (tertiary/aromatic N) is 1. The van der Waals surface area contributed by atoms with Gasteiger partial charge in [-0.1, -0.05) is 6.92 Å². The first kappa shape index (κ1) is 18.4. The molecule has 0 saturated heterocycles. The Hall–Kier alpha value is -2.89. The summed E-state index contributed by atoms with van der Waals surface area (Å²) in [6.45, 7) is 6.31. The van der Waals surface area contributed by atoms with Crippen molar-refractivity contribution in [3.63, 3.8) is 0 Å². The number of aromatic nitrogens is 1. The van der Waals surface area contributed by atoms with Gasteiger partial charge in [0.2, 0.25) is 0 Å². The maximum absolute atomic E-state index is 12.2. The molecule has 2 rings (SSSR count). The normalized spacial score (nSPS) is 10.2. The van der Waals surface area contributed by atoms with Crippen molar-refractivity contribution >= 4 is 11.9 Å². The van der Waals surface area contributed by atoms with Gasteiger partial charge in [-0.05, 0) is 56.7 Å². The molecular weight excluding hydrogens is 322 g/mol. The van der Waals surface area contributed by atoms with Crippen molar-refractivity contribution in [3.8, 4) is 11.5 Å². The van der Waals surface area contributed by atoms with Gasteiger partial charge < -0.3 is 14.2 Å². The van der Waals surface area contributed by atoms with Crippen molar-refractivity contribution in [3.05, 3.63) is 53.3 Å². The van der Waals surface area contributed by atoms with Gasteiger partial charge in [0.25, 0.3) is 0 Å². The summed E-state index contributed by atoms with van der Waals surface area (Å²) in [5.41, 5.74) is 0.865. The summed E-state index contributed by atoms with van der Waals surface area (Å²) in [5, 5.41) is 0. The Labute approximate surface area is 146 Å². The van der Waals surface area contributed by atoms with E-state index in [-0.39, 0.29) is 12.3 Å². The van der Waals surface area contributed by atoms with Crippen LogP contribution in [-0.4, -0.2) is 30.1 Å². The average molecular weight is 343 g/mol. The number of ether oxygens (including phenoxy) is 3. The standard InChI is InChI=1S/C19H21NO5/c1-4-12-24-14-6-8-15(9-7-14)25-19(22)17-11-10-16(13(3)20-17)18(21)23-5-2/h6-11H,4-5,12H2,1-3H3. The molecule has 0 aliphatic rings. The summed E-state index contributed by atoms with van der Waals surface area (Å²) in [6.07, 6.45) is 0.920. The van der Waals surface area contributed by atoms with Crippen LogP contribution in [0.15, 0.2) is 36.4 Å². The number of carbonyl (C=O) groups excluding carboxylic acids is 2. The van der Waals surface area contributed by atoms with Crippen LogP contribution < -0.4 is 9.47 Å². The van der Waals surface area contributed by atoms with E-state index >= 15 is 0 Å². The molecule has 1 aromatic heterocycles. The molecule has 0 bridgehead atoms. The van der Waals surface area contributed by atoms with E-state index in [2.05, 4.69) is 4.98 Å². The van der Waals surface area contributed by atoms with Crippen molar-refractivity contribution < 1.29 is 23.8 Å². The highest BCUT2D eigenvalue weighted by atomic mass is 16.5. The minimum absolute atomic E-state index is 0.122. The van der Waals surface area contributed by atoms with E-state index in [9.17, 15) is 9.59 Å². The van der Waals surface area contributed by atoms with Gasteiger partial charge in [-0.15, -0.1) is 0 Å². The molecule has 1 aromatic carbocycles. The van der Waals surface area contributed by atoms with Gasteiger partial charge in [-0.25, -0.2) is 14.6 Å². The van der Waals surface area contributed by atoms with Crippen LogP contribution in [0, 0.1) is 6.92 Å². The zero-order chi connectivity index (χ0) is 18.2. The molecule has 0 amide bonds. The maximum atomic E-state index is 12.2. The van der Waals surface area contributed by atoms with Gasteiger partial charge in [0.05, 0.1) is 24.5 Å². The largest absolute Gasteiger partial charge is 0.494 e. The molecule has 0 fully saturated rings. The number of aryl methyl sites for hydroxylation is 1. The van der Waals surface area contributed by atoms with E-state index in [0.29, 0.717) is 23.6 Å². The minimum atomic E-state index is -0.597. The lowest BCUT2D eigenvalue weighted by atomic mass is 10.2. The summed E-state index contributed by atoms with van der Waals surface area (Å²) in [6, 6.07) is 9.74. The molecule has 0 spiro atoms. The van der Waals surface area contributed by atoms with E-state index in [1.807, 2.05) is 6.92 Å². The third kappa shape index (κ3) is 5.04. The Balaban J connectivity index is 2.05. The van der Waals surface area contributed by atoms with Gasteiger partial charge >= 0.3 is 11.9 Å². The third-order valence-electron chi connectivity index (χ3n) is 3.30. The van der Waals surface area contributed by atoms with E-state index in [1.165, 1.54) is 12.1 Å². The van der Waals surface area contributed by atoms with Gasteiger partial charge in [-0.2, -0.15) is 0 Å². The predicted molar refractivity (Wildman–Crippen MR) is 92.1 cm³/mol. The number of rotatable bonds is 7. The first-order valence-electron chi connectivity index (χ1n) is 8.15. The Morgan fingerprint density at radius 2 is 1.64 bits per heavy atom. The highest BCUT2D eigenvalue weighted by Gasteiger charge is 2.16. The molecule has 0 radical (unpaired) electrons. The van der Waals surface area contributed by atoms with Crippen LogP contribution >= 0.6 is 0 Å². The first-order valence-corrected chi connectivity index (χ1v) is 8.15. The predicted octanol–water partition coefficient (Wildman–Crippen LogP) is 3.57. The summed E-state index contributed by atoms with van der Waals surface area (Å²) in [4.78, 5) is 28.1. The lowest BCUT2D eigenvalue weighted by molar-refractivity contribution is 0.0523. The molecule has 132 valence electrons. The number of hydrogen-bond acceptors (Lipinski definition) is 6. The molecule has 0 atom stereocenters. The summed E-state index contributed by atoms with van der Waals surface area (Å²) in [5.74, 6) is 0.0491. The fourth-order valence-electron chi connectivity index (χ4n) is 2.08. The molecule has 25 heavy (non-hydrogen) atoms. The van der Waals surface area contributed by atoms with Crippen LogP contribution in [0.2, 0.25) is 0 Å². The minimum Gasteiger partial charge on any atom is -0.494 e. The second kappa shape index (κ2) is 8.82. The lowest BCUT2D eigenvalue weighted by Crippen LogP contribution is -2.14. The maximum Gasteiger partial charge on any atom is 0.362 e. The molecular formula is C19H21NO5. The number of pyridine rings is 1. The van der Waals surface area contributed by atoms with Crippen molar-refractivity contribution in [2.24, 2.45) is 0 Å². The third-order valence-corrected chi connectivity index (χ3v) is 3.30. The van der Waals surface area contributed by atoms with Crippen LogP contribution in [0.1, 0.15) is 46.8 Å². The van der Waals surface area contributed by atoms with Crippen LogP contribution in [0.25, 0.3) is 0 Å². The molecule has 2 aromatic rings. The fraction of sp³-hybridized carbons (Fsp3) is 0.316. The summed E-state index contributed by atoms with van der Waals surface area (Å²) in [7, 11) is 0. The molecule has 0 unspecified atom stereocenters. The van der Waals surface area contributed by atoms with Crippen molar-refractivity contribution in [2.75, 3.05) is 13.2 Å². The number of hydrogen-bond donors (Lipinski definition) is 0. The van der Waals surface area contributed by atoms with Crippen LogP contribution in [0.4, 0.5) is 0 Å². The van der Waals surface area contributed by atoms with Gasteiger partial charge in [0.15, 0.2) is 0 Å². The Morgan fingerprint density at radius 3 is 2.24 bits per heavy atom. The Bertz CT molecular complexity index is 740. The lowest BCUT2D eigenvalue weighted by Gasteiger charge is -2.08. The molecule has 1 heterocycles. The molecule has 6 heteroatoms. The number of esters is 2. The van der Waals surface area contributed by atoms with Crippen LogP contribution in [0.3, 0.4) is 0 Å². The number of carbonyl (C=O) groups is 2. The summed E-state index contributed by atoms with van der Waals surface area (Å²) < 4.78 is 15.7. The quantitative estimate of drug-likeness (QED) is 0.565. The van der Waals surface area contributed by atoms with Crippen molar-refractivity contribution in [2.45, 2.75) is 27.2 Å². The van der Waals surface area contributed by atoms with Gasteiger partial charge in [0, 0.05) is 0 Å². The molecule has 0 aliphatic carbocycles. The average Bonchev–Trinajstić information content (AvgIpc) is 2.61. The van der Waals surface area contributed by atoms with Crippen molar-refractivity contribution in [1.82, 2.24) is 4.98 Å². The van der Waals surface area contributed by atoms with Gasteiger partial charge in [-0.3, -0.25) is 0 Å². The van der Waals surface area contributed by atoms with Crippen LogP contribution in [0.5, 0.6) is 11.5 Å². The zero-order valence-corrected chi connectivity index (χ0v) is 14.6. The molecule has 0 N–H and O–H groups in total. The van der Waals surface area contributed by atoms with Gasteiger partial charge in [0.1, 0.15) is 17.2 Å². The van der Waals surface area contributed by atoms with Crippen molar-refractivity contribution in [1.29, 1.82) is 0 Å². The number of benzene rings is 1. The molecule has 0 aliphatic heterocycles. The van der Waals surface area contributed by atoms with Crippen LogP contribution in [-0.2, 0) is 4.74 Å². The van der Waals surface area contributed by atoms with E-state index in [0.717, 1.165) is 12.2 Å². The van der Waals surface area contributed by atoms with E-state index < -0.39 is 11.9 Å². The fourth-order valence-corrected chi connectivity index (χ4v) is 2.08. The zero-order valence-electron chi connectivity index (χ0n) is 14.6. The second-order valence-corrected chi connectivity index (χ2v) is 5.26. The van der Waals surface area contributed by atoms with E-state index in [4.69, 9.17) is 14.2 Å². The smallest absolute Gasteiger partial charge is 0.362 e.